The maximum Gasteiger partial charge on any atom is 0.259 e. The second-order valence-electron chi connectivity index (χ2n) is 5.25. The lowest BCUT2D eigenvalue weighted by atomic mass is 10.2. The molecular formula is C17H18N4O2S. The number of carbonyl (C=O) groups excluding carboxylic acids is 1. The number of ether oxygens (including phenoxy) is 1. The van der Waals surface area contributed by atoms with Crippen molar-refractivity contribution in [2.75, 3.05) is 12.4 Å². The molecule has 24 heavy (non-hydrogen) atoms. The third kappa shape index (κ3) is 3.16. The molecule has 7 heteroatoms. The van der Waals surface area contributed by atoms with E-state index in [9.17, 15) is 4.79 Å². The quantitative estimate of drug-likeness (QED) is 0.771. The molecule has 0 aliphatic heterocycles. The molecule has 0 unspecified atom stereocenters. The molecule has 0 saturated heterocycles. The van der Waals surface area contributed by atoms with E-state index in [0.29, 0.717) is 12.0 Å². The molecule has 3 aromatic rings. The lowest BCUT2D eigenvalue weighted by Crippen LogP contribution is -2.13. The summed E-state index contributed by atoms with van der Waals surface area (Å²) < 4.78 is 11.1. The van der Waals surface area contributed by atoms with Gasteiger partial charge in [0, 0.05) is 0 Å². The van der Waals surface area contributed by atoms with Crippen LogP contribution in [0.25, 0.3) is 5.69 Å². The van der Waals surface area contributed by atoms with Gasteiger partial charge in [-0.3, -0.25) is 4.79 Å². The molecule has 1 aromatic carbocycles. The van der Waals surface area contributed by atoms with Gasteiger partial charge in [0.1, 0.15) is 10.8 Å². The van der Waals surface area contributed by atoms with Crippen molar-refractivity contribution in [3.63, 3.8) is 0 Å². The van der Waals surface area contributed by atoms with Gasteiger partial charge in [0.15, 0.2) is 0 Å². The van der Waals surface area contributed by atoms with E-state index in [0.717, 1.165) is 27.8 Å². The van der Waals surface area contributed by atoms with Crippen LogP contribution in [0.2, 0.25) is 0 Å². The second-order valence-corrected chi connectivity index (χ2v) is 6.06. The molecular weight excluding hydrogens is 324 g/mol. The van der Waals surface area contributed by atoms with Gasteiger partial charge in [-0.15, -0.1) is 0 Å². The molecule has 6 nitrogen and oxygen atoms in total. The number of nitrogens with zero attached hydrogens (tertiary/aromatic N) is 3. The summed E-state index contributed by atoms with van der Waals surface area (Å²) in [4.78, 5) is 12.5. The largest absolute Gasteiger partial charge is 0.497 e. The number of rotatable bonds is 5. The number of methoxy groups -OCH3 is 1. The van der Waals surface area contributed by atoms with Crippen LogP contribution in [0.3, 0.4) is 0 Å². The predicted molar refractivity (Wildman–Crippen MR) is 94.3 cm³/mol. The topological polar surface area (TPSA) is 69.0 Å². The number of hydrogen-bond acceptors (Lipinski definition) is 5. The van der Waals surface area contributed by atoms with E-state index in [4.69, 9.17) is 4.74 Å². The molecule has 3 rings (SSSR count). The first-order valence-corrected chi connectivity index (χ1v) is 8.35. The SMILES string of the molecule is CCc1c(C(=O)Nc2cc(C)ns2)cnn1-c1ccc(OC)cc1. The van der Waals surface area contributed by atoms with E-state index >= 15 is 0 Å². The fourth-order valence-corrected chi connectivity index (χ4v) is 3.11. The Balaban J connectivity index is 1.89. The smallest absolute Gasteiger partial charge is 0.259 e. The lowest BCUT2D eigenvalue weighted by Gasteiger charge is -2.08. The molecule has 0 aliphatic carbocycles. The van der Waals surface area contributed by atoms with Gasteiger partial charge >= 0.3 is 0 Å². The molecule has 0 spiro atoms. The van der Waals surface area contributed by atoms with Gasteiger partial charge in [0.2, 0.25) is 0 Å². The van der Waals surface area contributed by atoms with Crippen molar-refractivity contribution in [2.24, 2.45) is 0 Å². The standard InChI is InChI=1S/C17H18N4O2S/c1-4-15-14(17(22)19-16-9-11(2)20-24-16)10-18-21(15)12-5-7-13(23-3)8-6-12/h5-10H,4H2,1-3H3,(H,19,22). The van der Waals surface area contributed by atoms with E-state index < -0.39 is 0 Å². The first-order valence-electron chi connectivity index (χ1n) is 7.58. The predicted octanol–water partition coefficient (Wildman–Crippen LogP) is 3.46. The van der Waals surface area contributed by atoms with Gasteiger partial charge in [0.25, 0.3) is 5.91 Å². The normalized spacial score (nSPS) is 10.6. The van der Waals surface area contributed by atoms with Crippen LogP contribution in [0, 0.1) is 6.92 Å². The van der Waals surface area contributed by atoms with Crippen molar-refractivity contribution in [3.8, 4) is 11.4 Å². The molecule has 0 saturated carbocycles. The van der Waals surface area contributed by atoms with E-state index in [2.05, 4.69) is 14.8 Å². The summed E-state index contributed by atoms with van der Waals surface area (Å²) in [5, 5.41) is 8.00. The fraction of sp³-hybridized carbons (Fsp3) is 0.235. The molecule has 2 aromatic heterocycles. The number of hydrogen-bond donors (Lipinski definition) is 1. The highest BCUT2D eigenvalue weighted by Gasteiger charge is 2.18. The molecule has 1 amide bonds. The van der Waals surface area contributed by atoms with E-state index in [1.165, 1.54) is 11.5 Å². The summed E-state index contributed by atoms with van der Waals surface area (Å²) in [5.41, 5.74) is 3.21. The Kier molecular flexibility index (Phi) is 4.61. The Bertz CT molecular complexity index is 852. The number of amides is 1. The van der Waals surface area contributed by atoms with Crippen LogP contribution >= 0.6 is 11.5 Å². The molecule has 0 bridgehead atoms. The van der Waals surface area contributed by atoms with Crippen molar-refractivity contribution in [1.29, 1.82) is 0 Å². The van der Waals surface area contributed by atoms with Gasteiger partial charge in [-0.05, 0) is 55.2 Å². The zero-order chi connectivity index (χ0) is 17.1. The summed E-state index contributed by atoms with van der Waals surface area (Å²) >= 11 is 1.27. The van der Waals surface area contributed by atoms with Crippen LogP contribution in [0.1, 0.15) is 28.7 Å². The fourth-order valence-electron chi connectivity index (χ4n) is 2.45. The highest BCUT2D eigenvalue weighted by atomic mass is 32.1. The molecule has 0 fully saturated rings. The summed E-state index contributed by atoms with van der Waals surface area (Å²) in [7, 11) is 1.63. The maximum atomic E-state index is 12.5. The van der Waals surface area contributed by atoms with Crippen LogP contribution in [-0.2, 0) is 6.42 Å². The number of carbonyl (C=O) groups is 1. The number of aryl methyl sites for hydroxylation is 1. The Morgan fingerprint density at radius 3 is 2.67 bits per heavy atom. The Hall–Kier alpha value is -2.67. The molecule has 1 N–H and O–H groups in total. The molecule has 0 atom stereocenters. The molecule has 2 heterocycles. The number of nitrogens with one attached hydrogen (secondary N) is 1. The van der Waals surface area contributed by atoms with Crippen LogP contribution in [0.4, 0.5) is 5.00 Å². The Labute approximate surface area is 144 Å². The first kappa shape index (κ1) is 16.2. The minimum Gasteiger partial charge on any atom is -0.497 e. The lowest BCUT2D eigenvalue weighted by molar-refractivity contribution is 0.102. The third-order valence-electron chi connectivity index (χ3n) is 3.63. The highest BCUT2D eigenvalue weighted by molar-refractivity contribution is 7.10. The summed E-state index contributed by atoms with van der Waals surface area (Å²) in [5.74, 6) is 0.609. The zero-order valence-electron chi connectivity index (χ0n) is 13.7. The minimum atomic E-state index is -0.171. The van der Waals surface area contributed by atoms with Gasteiger partial charge in [-0.25, -0.2) is 4.68 Å². The second kappa shape index (κ2) is 6.84. The average molecular weight is 342 g/mol. The number of anilines is 1. The van der Waals surface area contributed by atoms with Crippen molar-refractivity contribution in [1.82, 2.24) is 14.2 Å². The minimum absolute atomic E-state index is 0.171. The summed E-state index contributed by atoms with van der Waals surface area (Å²) in [6, 6.07) is 9.42. The van der Waals surface area contributed by atoms with Gasteiger partial charge < -0.3 is 10.1 Å². The van der Waals surface area contributed by atoms with Crippen molar-refractivity contribution >= 4 is 22.4 Å². The van der Waals surface area contributed by atoms with Crippen molar-refractivity contribution < 1.29 is 9.53 Å². The van der Waals surface area contributed by atoms with Crippen LogP contribution < -0.4 is 10.1 Å². The summed E-state index contributed by atoms with van der Waals surface area (Å²) in [6.45, 7) is 3.90. The molecule has 0 radical (unpaired) electrons. The average Bonchev–Trinajstić information content (AvgIpc) is 3.20. The Morgan fingerprint density at radius 1 is 1.33 bits per heavy atom. The monoisotopic (exact) mass is 342 g/mol. The molecule has 0 aliphatic rings. The van der Waals surface area contributed by atoms with E-state index in [1.807, 2.05) is 44.2 Å². The van der Waals surface area contributed by atoms with Gasteiger partial charge in [0.05, 0.1) is 35.9 Å². The molecule has 124 valence electrons. The Morgan fingerprint density at radius 2 is 2.08 bits per heavy atom. The van der Waals surface area contributed by atoms with Crippen molar-refractivity contribution in [2.45, 2.75) is 20.3 Å². The van der Waals surface area contributed by atoms with Crippen LogP contribution in [0.15, 0.2) is 36.5 Å². The first-order chi connectivity index (χ1) is 11.6. The number of benzene rings is 1. The van der Waals surface area contributed by atoms with Gasteiger partial charge in [-0.1, -0.05) is 6.92 Å². The van der Waals surface area contributed by atoms with Gasteiger partial charge in [-0.2, -0.15) is 9.47 Å². The zero-order valence-corrected chi connectivity index (χ0v) is 14.6. The third-order valence-corrected chi connectivity index (χ3v) is 4.43. The maximum absolute atomic E-state index is 12.5. The van der Waals surface area contributed by atoms with Crippen LogP contribution in [-0.4, -0.2) is 27.2 Å². The van der Waals surface area contributed by atoms with Crippen LogP contribution in [0.5, 0.6) is 5.75 Å². The van der Waals surface area contributed by atoms with E-state index in [1.54, 1.807) is 18.0 Å². The van der Waals surface area contributed by atoms with E-state index in [-0.39, 0.29) is 5.91 Å². The van der Waals surface area contributed by atoms with Crippen molar-refractivity contribution in [3.05, 3.63) is 53.5 Å². The highest BCUT2D eigenvalue weighted by Crippen LogP contribution is 2.21. The summed E-state index contributed by atoms with van der Waals surface area (Å²) in [6.07, 6.45) is 2.29. The number of aromatic nitrogens is 3.